The number of rotatable bonds is 7. The highest BCUT2D eigenvalue weighted by Gasteiger charge is 2.34. The number of benzene rings is 1. The third-order valence-electron chi connectivity index (χ3n) is 7.72. The van der Waals surface area contributed by atoms with Gasteiger partial charge in [-0.25, -0.2) is 9.97 Å². The zero-order chi connectivity index (χ0) is 26.4. The molecule has 1 aromatic carbocycles. The van der Waals surface area contributed by atoms with E-state index in [1.807, 2.05) is 55.0 Å². The molecule has 11 nitrogen and oxygen atoms in total. The molecule has 2 saturated heterocycles. The topological polar surface area (TPSA) is 106 Å². The van der Waals surface area contributed by atoms with Gasteiger partial charge in [0.05, 0.1) is 53.2 Å². The van der Waals surface area contributed by atoms with E-state index in [2.05, 4.69) is 35.5 Å². The Labute approximate surface area is 235 Å². The number of carbonyl (C=O) groups excluding carboxylic acids is 1. The van der Waals surface area contributed by atoms with E-state index in [0.717, 1.165) is 78.7 Å². The van der Waals surface area contributed by atoms with Crippen LogP contribution in [0.1, 0.15) is 25.5 Å². The Morgan fingerprint density at radius 3 is 2.63 bits per heavy atom. The number of halogens is 1. The van der Waals surface area contributed by atoms with Gasteiger partial charge in [-0.1, -0.05) is 19.1 Å². The summed E-state index contributed by atoms with van der Waals surface area (Å²) in [6.45, 7) is 8.66. The van der Waals surface area contributed by atoms with E-state index in [-0.39, 0.29) is 11.9 Å². The fourth-order valence-corrected chi connectivity index (χ4v) is 5.90. The van der Waals surface area contributed by atoms with Gasteiger partial charge < -0.3 is 14.2 Å². The van der Waals surface area contributed by atoms with E-state index in [9.17, 15) is 4.79 Å². The number of hydrogen-bond donors (Lipinski definition) is 1. The molecule has 2 fully saturated rings. The number of likely N-dealkylation sites (tertiary alicyclic amines) is 1. The fraction of sp³-hybridized carbons (Fsp3) is 0.500. The number of para-hydroxylation sites is 2. The van der Waals surface area contributed by atoms with Gasteiger partial charge in [0.25, 0.3) is 0 Å². The molecule has 1 atom stereocenters. The van der Waals surface area contributed by atoms with Crippen molar-refractivity contribution in [2.75, 3.05) is 44.3 Å². The average molecular weight is 630 g/mol. The Bertz CT molecular complexity index is 1490. The van der Waals surface area contributed by atoms with Gasteiger partial charge in [-0.05, 0) is 25.0 Å². The van der Waals surface area contributed by atoms with Crippen LogP contribution in [-0.4, -0.2) is 85.3 Å². The molecule has 1 amide bonds. The molecule has 2 aliphatic rings. The Morgan fingerprint density at radius 1 is 1.13 bits per heavy atom. The molecule has 200 valence electrons. The largest absolute Gasteiger partial charge is 0.378 e. The van der Waals surface area contributed by atoms with Crippen molar-refractivity contribution in [3.63, 3.8) is 0 Å². The summed E-state index contributed by atoms with van der Waals surface area (Å²) in [5.41, 5.74) is 3.58. The summed E-state index contributed by atoms with van der Waals surface area (Å²) in [4.78, 5) is 36.6. The number of amides is 1. The van der Waals surface area contributed by atoms with Gasteiger partial charge >= 0.3 is 0 Å². The van der Waals surface area contributed by atoms with Crippen LogP contribution in [0.5, 0.6) is 0 Å². The fourth-order valence-electron chi connectivity index (χ4n) is 5.45. The Morgan fingerprint density at radius 2 is 1.89 bits per heavy atom. The predicted octanol–water partition coefficient (Wildman–Crippen LogP) is 2.43. The highest BCUT2D eigenvalue weighted by Crippen LogP contribution is 2.30. The molecule has 5 heterocycles. The van der Waals surface area contributed by atoms with E-state index in [4.69, 9.17) is 24.7 Å². The first-order valence-electron chi connectivity index (χ1n) is 13.2. The van der Waals surface area contributed by atoms with Gasteiger partial charge in [-0.3, -0.25) is 17.8 Å². The van der Waals surface area contributed by atoms with Crippen LogP contribution in [0.3, 0.4) is 0 Å². The van der Waals surface area contributed by atoms with Gasteiger partial charge in [0.2, 0.25) is 11.9 Å². The van der Waals surface area contributed by atoms with Crippen LogP contribution in [0.2, 0.25) is 0 Å². The minimum absolute atomic E-state index is 0.0446. The molecule has 0 saturated carbocycles. The van der Waals surface area contributed by atoms with Crippen LogP contribution < -0.4 is 8.43 Å². The van der Waals surface area contributed by atoms with Crippen molar-refractivity contribution in [1.82, 2.24) is 37.5 Å². The number of fused-ring (bicyclic) bond motifs is 2. The second-order valence-electron chi connectivity index (χ2n) is 10.1. The standard InChI is InChI=1S/C26H32IN9O2/c1-4-20-28-18-7-5-6-8-19(18)36(20)26-30-23-22(24(31-26)34-9-11-38-12-10-34)29-21(33(23)3)13-17-14-35(15-17)16(2)25(37)32-27/h5-8,16-17H,4,9-15H2,1-3H3,(H,32,37). The summed E-state index contributed by atoms with van der Waals surface area (Å²) < 4.78 is 12.5. The van der Waals surface area contributed by atoms with Crippen molar-refractivity contribution >= 4 is 56.8 Å². The van der Waals surface area contributed by atoms with Gasteiger partial charge in [-0.15, -0.1) is 0 Å². The summed E-state index contributed by atoms with van der Waals surface area (Å²) >= 11 is 1.90. The molecule has 1 N–H and O–H groups in total. The SMILES string of the molecule is CCc1nc2ccccc2n1-c1nc(N2CCOCC2)c2nc(CC3CN(C(C)C(=O)NI)C3)n(C)c2n1. The maximum Gasteiger partial charge on any atom is 0.245 e. The zero-order valence-electron chi connectivity index (χ0n) is 21.9. The molecular formula is C26H32IN9O2. The van der Waals surface area contributed by atoms with Crippen LogP contribution >= 0.6 is 22.9 Å². The minimum Gasteiger partial charge on any atom is -0.378 e. The van der Waals surface area contributed by atoms with Crippen molar-refractivity contribution in [3.05, 3.63) is 35.9 Å². The summed E-state index contributed by atoms with van der Waals surface area (Å²) in [5.74, 6) is 3.87. The smallest absolute Gasteiger partial charge is 0.245 e. The van der Waals surface area contributed by atoms with Crippen molar-refractivity contribution < 1.29 is 9.53 Å². The summed E-state index contributed by atoms with van der Waals surface area (Å²) in [5, 5.41) is 0. The monoisotopic (exact) mass is 629 g/mol. The molecule has 1 unspecified atom stereocenters. The molecule has 0 bridgehead atoms. The lowest BCUT2D eigenvalue weighted by molar-refractivity contribution is -0.126. The molecular weight excluding hydrogens is 597 g/mol. The third kappa shape index (κ3) is 4.41. The molecule has 3 aromatic heterocycles. The number of ether oxygens (including phenoxy) is 1. The highest BCUT2D eigenvalue weighted by molar-refractivity contribution is 14.1. The average Bonchev–Trinajstić information content (AvgIpc) is 3.46. The number of nitrogens with one attached hydrogen (secondary N) is 1. The Kier molecular flexibility index (Phi) is 6.95. The number of aryl methyl sites for hydroxylation is 2. The first kappa shape index (κ1) is 25.4. The summed E-state index contributed by atoms with van der Waals surface area (Å²) in [6, 6.07) is 8.01. The Balaban J connectivity index is 1.40. The molecule has 0 spiro atoms. The molecule has 38 heavy (non-hydrogen) atoms. The van der Waals surface area contributed by atoms with Crippen molar-refractivity contribution in [1.29, 1.82) is 0 Å². The molecule has 12 heteroatoms. The molecule has 2 aliphatic heterocycles. The van der Waals surface area contributed by atoms with E-state index in [0.29, 0.717) is 25.1 Å². The van der Waals surface area contributed by atoms with Crippen LogP contribution in [-0.2, 0) is 29.4 Å². The number of nitrogens with zero attached hydrogens (tertiary/aromatic N) is 8. The highest BCUT2D eigenvalue weighted by atomic mass is 127. The first-order valence-corrected chi connectivity index (χ1v) is 14.2. The summed E-state index contributed by atoms with van der Waals surface area (Å²) in [6.07, 6.45) is 1.60. The first-order chi connectivity index (χ1) is 18.5. The third-order valence-corrected chi connectivity index (χ3v) is 8.25. The van der Waals surface area contributed by atoms with E-state index in [1.165, 1.54) is 0 Å². The second-order valence-corrected chi connectivity index (χ2v) is 10.6. The quantitative estimate of drug-likeness (QED) is 0.246. The Hall–Kier alpha value is -2.84. The predicted molar refractivity (Wildman–Crippen MR) is 154 cm³/mol. The normalized spacial score (nSPS) is 17.7. The van der Waals surface area contributed by atoms with Crippen LogP contribution in [0.25, 0.3) is 28.1 Å². The van der Waals surface area contributed by atoms with Gasteiger partial charge in [0, 0.05) is 46.1 Å². The van der Waals surface area contributed by atoms with Crippen LogP contribution in [0.15, 0.2) is 24.3 Å². The van der Waals surface area contributed by atoms with Crippen molar-refractivity contribution in [2.24, 2.45) is 13.0 Å². The molecule has 6 rings (SSSR count). The number of imidazole rings is 2. The molecule has 0 radical (unpaired) electrons. The van der Waals surface area contributed by atoms with Crippen LogP contribution in [0.4, 0.5) is 5.82 Å². The maximum absolute atomic E-state index is 12.0. The lowest BCUT2D eigenvalue weighted by Gasteiger charge is -2.42. The lowest BCUT2D eigenvalue weighted by Crippen LogP contribution is -2.55. The second kappa shape index (κ2) is 10.4. The maximum atomic E-state index is 12.0. The number of aromatic nitrogens is 6. The van der Waals surface area contributed by atoms with Gasteiger partial charge in [0.1, 0.15) is 11.6 Å². The van der Waals surface area contributed by atoms with Crippen molar-refractivity contribution in [3.8, 4) is 5.95 Å². The van der Waals surface area contributed by atoms with Crippen molar-refractivity contribution in [2.45, 2.75) is 32.7 Å². The van der Waals surface area contributed by atoms with E-state index < -0.39 is 0 Å². The molecule has 4 aromatic rings. The van der Waals surface area contributed by atoms with Crippen LogP contribution in [0, 0.1) is 5.92 Å². The van der Waals surface area contributed by atoms with Gasteiger partial charge in [-0.2, -0.15) is 9.97 Å². The summed E-state index contributed by atoms with van der Waals surface area (Å²) in [7, 11) is 2.04. The van der Waals surface area contributed by atoms with E-state index >= 15 is 0 Å². The lowest BCUT2D eigenvalue weighted by atomic mass is 9.94. The van der Waals surface area contributed by atoms with E-state index in [1.54, 1.807) is 0 Å². The van der Waals surface area contributed by atoms with Gasteiger partial charge in [0.15, 0.2) is 17.0 Å². The number of carbonyl (C=O) groups is 1. The molecule has 0 aliphatic carbocycles. The minimum atomic E-state index is -0.122. The number of anilines is 1. The number of morpholine rings is 1. The zero-order valence-corrected chi connectivity index (χ0v) is 24.1. The number of hydrogen-bond acceptors (Lipinski definition) is 8.